The molecule has 0 aliphatic heterocycles. The second-order valence-electron chi connectivity index (χ2n) is 4.85. The van der Waals surface area contributed by atoms with E-state index in [0.717, 1.165) is 11.4 Å². The van der Waals surface area contributed by atoms with Crippen LogP contribution in [0.4, 0.5) is 5.69 Å². The number of hydrogen-bond donors (Lipinski definition) is 1. The molecule has 2 N–H and O–H groups in total. The van der Waals surface area contributed by atoms with Gasteiger partial charge in [0.05, 0.1) is 0 Å². The van der Waals surface area contributed by atoms with E-state index in [1.54, 1.807) is 0 Å². The average molecular weight is 223 g/mol. The summed E-state index contributed by atoms with van der Waals surface area (Å²) in [6, 6.07) is 6.39. The van der Waals surface area contributed by atoms with Gasteiger partial charge in [-0.05, 0) is 35.3 Å². The van der Waals surface area contributed by atoms with Gasteiger partial charge in [0.1, 0.15) is 0 Å². The molecule has 0 saturated heterocycles. The monoisotopic (exact) mass is 223 g/mol. The predicted molar refractivity (Wildman–Crippen MR) is 70.6 cm³/mol. The molecule has 15 heavy (non-hydrogen) atoms. The molecule has 0 fully saturated rings. The summed E-state index contributed by atoms with van der Waals surface area (Å²) >= 11 is 1.85. The van der Waals surface area contributed by atoms with Crippen LogP contribution in [0.5, 0.6) is 0 Å². The van der Waals surface area contributed by atoms with Crippen LogP contribution in [-0.2, 0) is 5.41 Å². The SMILES string of the molecule is CCCSc1cc(C(C)(C)C)ccc1N. The summed E-state index contributed by atoms with van der Waals surface area (Å²) in [7, 11) is 0. The van der Waals surface area contributed by atoms with Crippen LogP contribution in [-0.4, -0.2) is 5.75 Å². The van der Waals surface area contributed by atoms with Crippen LogP contribution >= 0.6 is 11.8 Å². The van der Waals surface area contributed by atoms with Gasteiger partial charge in [-0.25, -0.2) is 0 Å². The number of anilines is 1. The Morgan fingerprint density at radius 3 is 2.47 bits per heavy atom. The van der Waals surface area contributed by atoms with E-state index in [9.17, 15) is 0 Å². The summed E-state index contributed by atoms with van der Waals surface area (Å²) in [6.45, 7) is 8.88. The Morgan fingerprint density at radius 2 is 1.93 bits per heavy atom. The fourth-order valence-electron chi connectivity index (χ4n) is 1.34. The highest BCUT2D eigenvalue weighted by molar-refractivity contribution is 7.99. The minimum Gasteiger partial charge on any atom is -0.398 e. The van der Waals surface area contributed by atoms with Crippen molar-refractivity contribution in [2.45, 2.75) is 44.4 Å². The van der Waals surface area contributed by atoms with Gasteiger partial charge in [-0.15, -0.1) is 11.8 Å². The highest BCUT2D eigenvalue weighted by Gasteiger charge is 2.14. The minimum atomic E-state index is 0.204. The number of nitrogens with two attached hydrogens (primary N) is 1. The van der Waals surface area contributed by atoms with Crippen molar-refractivity contribution in [3.63, 3.8) is 0 Å². The second kappa shape index (κ2) is 4.93. The minimum absolute atomic E-state index is 0.204. The van der Waals surface area contributed by atoms with Crippen LogP contribution in [0.25, 0.3) is 0 Å². The van der Waals surface area contributed by atoms with Crippen LogP contribution < -0.4 is 5.73 Å². The lowest BCUT2D eigenvalue weighted by Crippen LogP contribution is -2.11. The molecule has 0 aliphatic carbocycles. The lowest BCUT2D eigenvalue weighted by molar-refractivity contribution is 0.589. The standard InChI is InChI=1S/C13H21NS/c1-5-8-15-12-9-10(13(2,3)4)6-7-11(12)14/h6-7,9H,5,8,14H2,1-4H3. The van der Waals surface area contributed by atoms with E-state index >= 15 is 0 Å². The van der Waals surface area contributed by atoms with E-state index in [0.29, 0.717) is 0 Å². The summed E-state index contributed by atoms with van der Waals surface area (Å²) < 4.78 is 0. The maximum atomic E-state index is 5.95. The summed E-state index contributed by atoms with van der Waals surface area (Å²) in [5, 5.41) is 0. The molecule has 0 bridgehead atoms. The van der Waals surface area contributed by atoms with E-state index in [-0.39, 0.29) is 5.41 Å². The van der Waals surface area contributed by atoms with E-state index in [1.165, 1.54) is 16.9 Å². The van der Waals surface area contributed by atoms with E-state index in [1.807, 2.05) is 17.8 Å². The average Bonchev–Trinajstić information content (AvgIpc) is 2.15. The van der Waals surface area contributed by atoms with Crippen molar-refractivity contribution in [3.05, 3.63) is 23.8 Å². The first kappa shape index (κ1) is 12.4. The smallest absolute Gasteiger partial charge is 0.0452 e. The van der Waals surface area contributed by atoms with E-state index in [2.05, 4.69) is 39.8 Å². The number of nitrogen functional groups attached to an aromatic ring is 1. The van der Waals surface area contributed by atoms with Crippen molar-refractivity contribution in [2.75, 3.05) is 11.5 Å². The van der Waals surface area contributed by atoms with Crippen LogP contribution in [0.2, 0.25) is 0 Å². The molecule has 1 aromatic carbocycles. The summed E-state index contributed by atoms with van der Waals surface area (Å²) in [4.78, 5) is 1.23. The highest BCUT2D eigenvalue weighted by Crippen LogP contribution is 2.31. The maximum absolute atomic E-state index is 5.95. The van der Waals surface area contributed by atoms with Gasteiger partial charge in [0.25, 0.3) is 0 Å². The molecule has 1 rings (SSSR count). The van der Waals surface area contributed by atoms with Gasteiger partial charge in [0, 0.05) is 10.6 Å². The molecule has 0 amide bonds. The Bertz CT molecular complexity index is 326. The third-order valence-corrected chi connectivity index (χ3v) is 3.62. The molecule has 0 heterocycles. The number of benzene rings is 1. The number of rotatable bonds is 3. The lowest BCUT2D eigenvalue weighted by atomic mass is 9.87. The van der Waals surface area contributed by atoms with Gasteiger partial charge >= 0.3 is 0 Å². The predicted octanol–water partition coefficient (Wildman–Crippen LogP) is 4.07. The van der Waals surface area contributed by atoms with Crippen molar-refractivity contribution in [2.24, 2.45) is 0 Å². The fraction of sp³-hybridized carbons (Fsp3) is 0.538. The van der Waals surface area contributed by atoms with Crippen molar-refractivity contribution < 1.29 is 0 Å². The Kier molecular flexibility index (Phi) is 4.09. The summed E-state index contributed by atoms with van der Waals surface area (Å²) in [5.41, 5.74) is 8.42. The van der Waals surface area contributed by atoms with E-state index < -0.39 is 0 Å². The normalized spacial score (nSPS) is 11.7. The molecule has 1 aromatic rings. The summed E-state index contributed by atoms with van der Waals surface area (Å²) in [5.74, 6) is 1.14. The van der Waals surface area contributed by atoms with Crippen molar-refractivity contribution in [1.82, 2.24) is 0 Å². The molecule has 84 valence electrons. The summed E-state index contributed by atoms with van der Waals surface area (Å²) in [6.07, 6.45) is 1.18. The molecule has 2 heteroatoms. The van der Waals surface area contributed by atoms with Crippen molar-refractivity contribution in [1.29, 1.82) is 0 Å². The van der Waals surface area contributed by atoms with E-state index in [4.69, 9.17) is 5.73 Å². The molecule has 0 unspecified atom stereocenters. The molecular formula is C13H21NS. The van der Waals surface area contributed by atoms with Crippen LogP contribution in [0.15, 0.2) is 23.1 Å². The zero-order valence-corrected chi connectivity index (χ0v) is 10.9. The zero-order valence-electron chi connectivity index (χ0n) is 10.1. The first-order valence-corrected chi connectivity index (χ1v) is 6.46. The third-order valence-electron chi connectivity index (χ3n) is 2.34. The van der Waals surface area contributed by atoms with Gasteiger partial charge in [-0.2, -0.15) is 0 Å². The zero-order chi connectivity index (χ0) is 11.5. The third kappa shape index (κ3) is 3.45. The Morgan fingerprint density at radius 1 is 1.27 bits per heavy atom. The van der Waals surface area contributed by atoms with Gasteiger partial charge in [-0.1, -0.05) is 33.8 Å². The molecule has 0 spiro atoms. The quantitative estimate of drug-likeness (QED) is 0.617. The van der Waals surface area contributed by atoms with Crippen molar-refractivity contribution >= 4 is 17.4 Å². The molecule has 0 atom stereocenters. The topological polar surface area (TPSA) is 26.0 Å². The van der Waals surface area contributed by atoms with Crippen LogP contribution in [0.1, 0.15) is 39.7 Å². The van der Waals surface area contributed by atoms with Crippen LogP contribution in [0, 0.1) is 0 Å². The highest BCUT2D eigenvalue weighted by atomic mass is 32.2. The Balaban J connectivity index is 2.95. The largest absolute Gasteiger partial charge is 0.398 e. The number of thioether (sulfide) groups is 1. The Hall–Kier alpha value is -0.630. The van der Waals surface area contributed by atoms with Gasteiger partial charge in [-0.3, -0.25) is 0 Å². The van der Waals surface area contributed by atoms with Gasteiger partial charge in [0.15, 0.2) is 0 Å². The molecular weight excluding hydrogens is 202 g/mol. The lowest BCUT2D eigenvalue weighted by Gasteiger charge is -2.20. The van der Waals surface area contributed by atoms with Gasteiger partial charge in [0.2, 0.25) is 0 Å². The molecule has 0 aliphatic rings. The Labute approximate surface area is 97.4 Å². The molecule has 0 saturated carbocycles. The first-order valence-electron chi connectivity index (χ1n) is 5.48. The second-order valence-corrected chi connectivity index (χ2v) is 5.99. The molecule has 1 nitrogen and oxygen atoms in total. The molecule has 0 radical (unpaired) electrons. The fourth-order valence-corrected chi connectivity index (χ4v) is 2.21. The van der Waals surface area contributed by atoms with Crippen molar-refractivity contribution in [3.8, 4) is 0 Å². The maximum Gasteiger partial charge on any atom is 0.0452 e. The van der Waals surface area contributed by atoms with Gasteiger partial charge < -0.3 is 5.73 Å². The molecule has 0 aromatic heterocycles. The first-order chi connectivity index (χ1) is 6.95. The number of hydrogen-bond acceptors (Lipinski definition) is 2. The van der Waals surface area contributed by atoms with Crippen LogP contribution in [0.3, 0.4) is 0 Å².